The first kappa shape index (κ1) is 53.2. The van der Waals surface area contributed by atoms with Crippen molar-refractivity contribution in [2.75, 3.05) is 26.4 Å². The van der Waals surface area contributed by atoms with Gasteiger partial charge in [-0.1, -0.05) is 104 Å². The smallest absolute Gasteiger partial charge is 0.306 e. The molecule has 0 aromatic carbocycles. The predicted octanol–water partition coefficient (Wildman–Crippen LogP) is 4.42. The van der Waals surface area contributed by atoms with Gasteiger partial charge in [-0.2, -0.15) is 0 Å². The molecule has 0 aliphatic carbocycles. The number of unbranched alkanes of at least 4 members (excludes halogenated alkanes) is 17. The SMILES string of the molecule is CCCCCCCC=C=CCCCCCCCC(=O)OC[C@H](CO[C@@H]1O[C@H](CO[C@@H]2O[C@H](CO)[C@H](O)C(O)C2O)[C@H](O)C(O)C1O)OC(=O)CCCCCCCCCC. The minimum atomic E-state index is -1.76. The van der Waals surface area contributed by atoms with Crippen LogP contribution >= 0.6 is 0 Å². The van der Waals surface area contributed by atoms with Crippen LogP contribution in [0, 0.1) is 0 Å². The van der Waals surface area contributed by atoms with Crippen LogP contribution in [0.5, 0.6) is 0 Å². The van der Waals surface area contributed by atoms with Crippen molar-refractivity contribution in [1.82, 2.24) is 0 Å². The van der Waals surface area contributed by atoms with E-state index in [4.69, 9.17) is 28.4 Å². The van der Waals surface area contributed by atoms with E-state index in [1.54, 1.807) is 0 Å². The van der Waals surface area contributed by atoms with Crippen LogP contribution in [0.15, 0.2) is 17.9 Å². The van der Waals surface area contributed by atoms with Crippen molar-refractivity contribution >= 4 is 11.9 Å². The molecule has 0 spiro atoms. The second-order valence-corrected chi connectivity index (χ2v) is 16.0. The van der Waals surface area contributed by atoms with Gasteiger partial charge in [0.15, 0.2) is 18.7 Å². The summed E-state index contributed by atoms with van der Waals surface area (Å²) in [6.45, 7) is 2.49. The average Bonchev–Trinajstić information content (AvgIpc) is 3.23. The van der Waals surface area contributed by atoms with Crippen molar-refractivity contribution in [2.24, 2.45) is 0 Å². The molecule has 0 bridgehead atoms. The number of ether oxygens (including phenoxy) is 6. The highest BCUT2D eigenvalue weighted by Crippen LogP contribution is 2.26. The Labute approximate surface area is 352 Å². The molecule has 7 N–H and O–H groups in total. The van der Waals surface area contributed by atoms with Gasteiger partial charge in [0.1, 0.15) is 55.4 Å². The van der Waals surface area contributed by atoms with Crippen molar-refractivity contribution in [3.05, 3.63) is 17.9 Å². The van der Waals surface area contributed by atoms with Crippen LogP contribution in [-0.4, -0.2) is 142 Å². The topological polar surface area (TPSA) is 231 Å². The van der Waals surface area contributed by atoms with Crippen LogP contribution < -0.4 is 0 Å². The zero-order chi connectivity index (χ0) is 43.3. The highest BCUT2D eigenvalue weighted by atomic mass is 16.7. The molecule has 15 nitrogen and oxygen atoms in total. The number of carbonyl (C=O) groups excluding carboxylic acids is 2. The fraction of sp³-hybridized carbons (Fsp3) is 0.886. The number of aliphatic hydroxyl groups is 7. The van der Waals surface area contributed by atoms with Crippen molar-refractivity contribution in [2.45, 2.75) is 223 Å². The third-order valence-electron chi connectivity index (χ3n) is 10.8. The van der Waals surface area contributed by atoms with Crippen LogP contribution in [0.4, 0.5) is 0 Å². The molecule has 0 saturated carbocycles. The third-order valence-corrected chi connectivity index (χ3v) is 10.8. The van der Waals surface area contributed by atoms with Gasteiger partial charge in [-0.05, 0) is 50.7 Å². The number of esters is 2. The van der Waals surface area contributed by atoms with Gasteiger partial charge in [0.2, 0.25) is 0 Å². The zero-order valence-corrected chi connectivity index (χ0v) is 35.8. The molecule has 2 fully saturated rings. The minimum Gasteiger partial charge on any atom is -0.462 e. The average molecular weight is 847 g/mol. The van der Waals surface area contributed by atoms with Crippen LogP contribution in [0.2, 0.25) is 0 Å². The summed E-state index contributed by atoms with van der Waals surface area (Å²) < 4.78 is 33.3. The lowest BCUT2D eigenvalue weighted by Crippen LogP contribution is -2.61. The Balaban J connectivity index is 1.85. The Hall–Kier alpha value is -1.98. The molecule has 2 aliphatic rings. The summed E-state index contributed by atoms with van der Waals surface area (Å²) in [5.41, 5.74) is 3.28. The maximum Gasteiger partial charge on any atom is 0.306 e. The largest absolute Gasteiger partial charge is 0.462 e. The van der Waals surface area contributed by atoms with Crippen molar-refractivity contribution in [3.8, 4) is 0 Å². The zero-order valence-electron chi connectivity index (χ0n) is 35.8. The summed E-state index contributed by atoms with van der Waals surface area (Å²) >= 11 is 0. The molecule has 2 rings (SSSR count). The number of carbonyl (C=O) groups is 2. The van der Waals surface area contributed by atoms with Crippen LogP contribution in [0.1, 0.15) is 155 Å². The molecular formula is C44H78O15. The standard InChI is InChI=1S/C44H78O15/c1-3-5-7-9-11-13-14-15-16-17-18-19-21-22-24-26-35(46)54-29-32(57-36(47)27-25-23-20-12-10-8-6-4-2)30-55-43-42(53)40(51)38(49)34(59-43)31-56-44-41(52)39(50)37(48)33(28-45)58-44/h14,16,32-34,37-45,48-53H,3-13,17-31H2,1-2H3/t15?,32-,33-,34-,37+,38+,39?,40?,41?,42?,43-,44-/m1/s1. The first-order valence-corrected chi connectivity index (χ1v) is 22.5. The fourth-order valence-electron chi connectivity index (χ4n) is 6.96. The van der Waals surface area contributed by atoms with E-state index in [1.165, 1.54) is 57.8 Å². The summed E-state index contributed by atoms with van der Waals surface area (Å²) in [6.07, 6.45) is 9.14. The Morgan fingerprint density at radius 1 is 0.559 bits per heavy atom. The van der Waals surface area contributed by atoms with Gasteiger partial charge in [-0.25, -0.2) is 0 Å². The van der Waals surface area contributed by atoms with Crippen molar-refractivity contribution < 1.29 is 73.8 Å². The van der Waals surface area contributed by atoms with E-state index >= 15 is 0 Å². The summed E-state index contributed by atoms with van der Waals surface area (Å²) in [7, 11) is 0. The van der Waals surface area contributed by atoms with Gasteiger partial charge < -0.3 is 64.2 Å². The van der Waals surface area contributed by atoms with E-state index in [-0.39, 0.29) is 26.1 Å². The number of allylic oxidation sites excluding steroid dienone is 1. The summed E-state index contributed by atoms with van der Waals surface area (Å²) in [4.78, 5) is 25.5. The van der Waals surface area contributed by atoms with Gasteiger partial charge in [0.05, 0.1) is 19.8 Å². The molecule has 344 valence electrons. The molecule has 4 unspecified atom stereocenters. The maximum absolute atomic E-state index is 12.8. The Morgan fingerprint density at radius 3 is 1.56 bits per heavy atom. The predicted molar refractivity (Wildman–Crippen MR) is 219 cm³/mol. The van der Waals surface area contributed by atoms with Gasteiger partial charge in [-0.3, -0.25) is 9.59 Å². The Kier molecular flexibility index (Phi) is 29.5. The Bertz CT molecular complexity index is 1150. The van der Waals surface area contributed by atoms with Crippen LogP contribution in [-0.2, 0) is 38.0 Å². The van der Waals surface area contributed by atoms with Crippen molar-refractivity contribution in [1.29, 1.82) is 0 Å². The van der Waals surface area contributed by atoms with Crippen LogP contribution in [0.25, 0.3) is 0 Å². The monoisotopic (exact) mass is 847 g/mol. The van der Waals surface area contributed by atoms with Gasteiger partial charge in [0, 0.05) is 12.8 Å². The Morgan fingerprint density at radius 2 is 1.02 bits per heavy atom. The molecule has 59 heavy (non-hydrogen) atoms. The molecule has 2 heterocycles. The van der Waals surface area contributed by atoms with E-state index in [9.17, 15) is 45.3 Å². The highest BCUT2D eigenvalue weighted by molar-refractivity contribution is 5.70. The van der Waals surface area contributed by atoms with Crippen molar-refractivity contribution in [3.63, 3.8) is 0 Å². The molecule has 0 radical (unpaired) electrons. The molecule has 2 saturated heterocycles. The van der Waals surface area contributed by atoms with Gasteiger partial charge in [0.25, 0.3) is 0 Å². The fourth-order valence-corrected chi connectivity index (χ4v) is 6.96. The first-order chi connectivity index (χ1) is 28.5. The van der Waals surface area contributed by atoms with E-state index in [0.29, 0.717) is 12.8 Å². The highest BCUT2D eigenvalue weighted by Gasteiger charge is 2.47. The second-order valence-electron chi connectivity index (χ2n) is 16.0. The molecule has 0 amide bonds. The lowest BCUT2D eigenvalue weighted by Gasteiger charge is -2.42. The minimum absolute atomic E-state index is 0.162. The summed E-state index contributed by atoms with van der Waals surface area (Å²) in [5.74, 6) is -0.950. The number of aliphatic hydroxyl groups excluding tert-OH is 7. The normalized spacial score (nSPS) is 27.5. The molecule has 2 aliphatic heterocycles. The number of rotatable bonds is 33. The lowest BCUT2D eigenvalue weighted by atomic mass is 9.98. The third kappa shape index (κ3) is 22.1. The maximum atomic E-state index is 12.8. The van der Waals surface area contributed by atoms with Crippen LogP contribution in [0.3, 0.4) is 0 Å². The second kappa shape index (κ2) is 32.7. The van der Waals surface area contributed by atoms with Gasteiger partial charge >= 0.3 is 11.9 Å². The van der Waals surface area contributed by atoms with E-state index < -0.39 is 92.7 Å². The molecule has 0 aromatic heterocycles. The molecular weight excluding hydrogens is 768 g/mol. The number of hydrogen-bond donors (Lipinski definition) is 7. The summed E-state index contributed by atoms with van der Waals surface area (Å²) in [5, 5.41) is 71.7. The van der Waals surface area contributed by atoms with E-state index in [0.717, 1.165) is 57.8 Å². The lowest BCUT2D eigenvalue weighted by molar-refractivity contribution is -0.332. The van der Waals surface area contributed by atoms with Gasteiger partial charge in [-0.15, -0.1) is 5.73 Å². The number of hydrogen-bond acceptors (Lipinski definition) is 15. The van der Waals surface area contributed by atoms with E-state index in [1.807, 2.05) is 0 Å². The molecule has 0 aromatic rings. The van der Waals surface area contributed by atoms with E-state index in [2.05, 4.69) is 31.7 Å². The molecule has 11 atom stereocenters. The molecule has 15 heteroatoms. The first-order valence-electron chi connectivity index (χ1n) is 22.5. The quantitative estimate of drug-likeness (QED) is 0.0276. The summed E-state index contributed by atoms with van der Waals surface area (Å²) in [6, 6.07) is 0.